The van der Waals surface area contributed by atoms with E-state index in [1.807, 2.05) is 31.2 Å². The number of benzene rings is 2. The van der Waals surface area contributed by atoms with Crippen molar-refractivity contribution in [2.24, 2.45) is 0 Å². The van der Waals surface area contributed by atoms with Crippen LogP contribution in [0.15, 0.2) is 53.4 Å². The van der Waals surface area contributed by atoms with Crippen molar-refractivity contribution in [3.8, 4) is 0 Å². The molecule has 2 aromatic rings. The molecule has 0 fully saturated rings. The summed E-state index contributed by atoms with van der Waals surface area (Å²) in [6.45, 7) is 3.74. The zero-order chi connectivity index (χ0) is 17.7. The van der Waals surface area contributed by atoms with E-state index in [4.69, 9.17) is 11.6 Å². The maximum Gasteiger partial charge on any atom is 0.240 e. The Morgan fingerprint density at radius 3 is 2.42 bits per heavy atom. The van der Waals surface area contributed by atoms with Gasteiger partial charge in [0.25, 0.3) is 0 Å². The fourth-order valence-electron chi connectivity index (χ4n) is 2.20. The lowest BCUT2D eigenvalue weighted by atomic mass is 10.2. The average Bonchev–Trinajstić information content (AvgIpc) is 2.52. The first-order chi connectivity index (χ1) is 11.3. The van der Waals surface area contributed by atoms with Crippen LogP contribution in [0.4, 0.5) is 5.69 Å². The second-order valence-electron chi connectivity index (χ2n) is 5.36. The lowest BCUT2D eigenvalue weighted by Gasteiger charge is -2.21. The van der Waals surface area contributed by atoms with Crippen molar-refractivity contribution in [1.82, 2.24) is 4.72 Å². The molecule has 0 aliphatic rings. The number of carbonyl (C=O) groups excluding carboxylic acids is 1. The third-order valence-corrected chi connectivity index (χ3v) is 5.15. The number of anilines is 1. The number of nitrogens with one attached hydrogen (secondary N) is 1. The quantitative estimate of drug-likeness (QED) is 0.854. The molecule has 0 aliphatic carbocycles. The molecule has 1 N–H and O–H groups in total. The largest absolute Gasteiger partial charge is 0.311 e. The molecular formula is C17H19ClN2O3S. The number of amides is 1. The molecule has 1 amide bonds. The van der Waals surface area contributed by atoms with Gasteiger partial charge in [0.1, 0.15) is 0 Å². The molecule has 0 saturated carbocycles. The molecule has 2 rings (SSSR count). The highest BCUT2D eigenvalue weighted by Crippen LogP contribution is 2.16. The van der Waals surface area contributed by atoms with Crippen molar-refractivity contribution in [1.29, 1.82) is 0 Å². The minimum atomic E-state index is -3.67. The lowest BCUT2D eigenvalue weighted by molar-refractivity contribution is -0.116. The van der Waals surface area contributed by atoms with Crippen LogP contribution in [0.3, 0.4) is 0 Å². The van der Waals surface area contributed by atoms with Gasteiger partial charge in [-0.1, -0.05) is 35.4 Å². The number of nitrogens with zero attached hydrogens (tertiary/aromatic N) is 1. The molecule has 0 radical (unpaired) electrons. The number of hydrogen-bond acceptors (Lipinski definition) is 3. The molecular weight excluding hydrogens is 348 g/mol. The molecule has 128 valence electrons. The molecule has 0 bridgehead atoms. The van der Waals surface area contributed by atoms with Crippen LogP contribution in [0, 0.1) is 6.92 Å². The van der Waals surface area contributed by atoms with Gasteiger partial charge in [-0.15, -0.1) is 0 Å². The Kier molecular flexibility index (Phi) is 5.99. The van der Waals surface area contributed by atoms with Crippen LogP contribution < -0.4 is 9.62 Å². The number of carbonyl (C=O) groups is 1. The van der Waals surface area contributed by atoms with Crippen molar-refractivity contribution in [2.45, 2.75) is 18.7 Å². The Hall–Kier alpha value is -1.89. The fraction of sp³-hybridized carbons (Fsp3) is 0.235. The van der Waals surface area contributed by atoms with Crippen molar-refractivity contribution in [3.05, 3.63) is 59.1 Å². The van der Waals surface area contributed by atoms with E-state index in [2.05, 4.69) is 4.72 Å². The van der Waals surface area contributed by atoms with E-state index in [0.29, 0.717) is 5.02 Å². The summed E-state index contributed by atoms with van der Waals surface area (Å²) in [5, 5.41) is 0.350. The van der Waals surface area contributed by atoms with Crippen molar-refractivity contribution in [3.63, 3.8) is 0 Å². The molecule has 0 aromatic heterocycles. The van der Waals surface area contributed by atoms with E-state index in [9.17, 15) is 13.2 Å². The van der Waals surface area contributed by atoms with Gasteiger partial charge < -0.3 is 4.90 Å². The van der Waals surface area contributed by atoms with E-state index in [-0.39, 0.29) is 23.9 Å². The van der Waals surface area contributed by atoms with E-state index in [1.54, 1.807) is 12.1 Å². The molecule has 0 aliphatic heterocycles. The van der Waals surface area contributed by atoms with Gasteiger partial charge in [0, 0.05) is 30.7 Å². The number of aryl methyl sites for hydroxylation is 1. The monoisotopic (exact) mass is 366 g/mol. The highest BCUT2D eigenvalue weighted by Gasteiger charge is 2.16. The first kappa shape index (κ1) is 18.4. The highest BCUT2D eigenvalue weighted by atomic mass is 35.5. The first-order valence-electron chi connectivity index (χ1n) is 7.39. The lowest BCUT2D eigenvalue weighted by Crippen LogP contribution is -2.37. The summed E-state index contributed by atoms with van der Waals surface area (Å²) >= 11 is 5.82. The summed E-state index contributed by atoms with van der Waals surface area (Å²) in [4.78, 5) is 13.5. The second kappa shape index (κ2) is 7.79. The molecule has 0 atom stereocenters. The van der Waals surface area contributed by atoms with Crippen LogP contribution in [0.2, 0.25) is 5.02 Å². The fourth-order valence-corrected chi connectivity index (χ4v) is 3.52. The van der Waals surface area contributed by atoms with Crippen LogP contribution in [-0.4, -0.2) is 27.4 Å². The normalized spacial score (nSPS) is 11.3. The third-order valence-electron chi connectivity index (χ3n) is 3.46. The van der Waals surface area contributed by atoms with Gasteiger partial charge in [-0.05, 0) is 37.3 Å². The van der Waals surface area contributed by atoms with Gasteiger partial charge in [-0.2, -0.15) is 0 Å². The van der Waals surface area contributed by atoms with Gasteiger partial charge in [0.2, 0.25) is 15.9 Å². The molecule has 2 aromatic carbocycles. The number of hydrogen-bond donors (Lipinski definition) is 1. The van der Waals surface area contributed by atoms with E-state index >= 15 is 0 Å². The molecule has 5 nitrogen and oxygen atoms in total. The Labute approximate surface area is 147 Å². The topological polar surface area (TPSA) is 66.5 Å². The summed E-state index contributed by atoms with van der Waals surface area (Å²) in [5.41, 5.74) is 1.82. The molecule has 0 saturated heterocycles. The van der Waals surface area contributed by atoms with E-state index in [1.165, 1.54) is 24.0 Å². The minimum Gasteiger partial charge on any atom is -0.311 e. The maximum absolute atomic E-state index is 12.2. The zero-order valence-electron chi connectivity index (χ0n) is 13.5. The van der Waals surface area contributed by atoms with Gasteiger partial charge in [0.05, 0.1) is 4.90 Å². The Morgan fingerprint density at radius 1 is 1.17 bits per heavy atom. The molecule has 24 heavy (non-hydrogen) atoms. The van der Waals surface area contributed by atoms with Crippen molar-refractivity contribution >= 4 is 33.2 Å². The zero-order valence-corrected chi connectivity index (χ0v) is 15.1. The maximum atomic E-state index is 12.2. The molecule has 7 heteroatoms. The van der Waals surface area contributed by atoms with Gasteiger partial charge in [-0.25, -0.2) is 13.1 Å². The van der Waals surface area contributed by atoms with Crippen LogP contribution in [0.25, 0.3) is 0 Å². The smallest absolute Gasteiger partial charge is 0.240 e. The summed E-state index contributed by atoms with van der Waals surface area (Å²) < 4.78 is 27.0. The summed E-state index contributed by atoms with van der Waals surface area (Å²) in [6.07, 6.45) is 0. The van der Waals surface area contributed by atoms with Gasteiger partial charge >= 0.3 is 0 Å². The molecule has 0 heterocycles. The number of rotatable bonds is 6. The van der Waals surface area contributed by atoms with E-state index < -0.39 is 10.0 Å². The average molecular weight is 367 g/mol. The van der Waals surface area contributed by atoms with Crippen molar-refractivity contribution < 1.29 is 13.2 Å². The Balaban J connectivity index is 2.05. The highest BCUT2D eigenvalue weighted by molar-refractivity contribution is 7.89. The van der Waals surface area contributed by atoms with Crippen LogP contribution in [0.5, 0.6) is 0 Å². The second-order valence-corrected chi connectivity index (χ2v) is 7.56. The Morgan fingerprint density at radius 2 is 1.83 bits per heavy atom. The van der Waals surface area contributed by atoms with E-state index in [0.717, 1.165) is 11.3 Å². The predicted octanol–water partition coefficient (Wildman–Crippen LogP) is 2.98. The summed E-state index contributed by atoms with van der Waals surface area (Å²) in [7, 11) is -3.67. The third kappa shape index (κ3) is 4.80. The number of sulfonamides is 1. The molecule has 0 spiro atoms. The SMILES string of the molecule is CC(=O)N(CCNS(=O)(=O)c1cccc(Cl)c1)c1ccc(C)cc1. The van der Waals surface area contributed by atoms with Gasteiger partial charge in [-0.3, -0.25) is 4.79 Å². The predicted molar refractivity (Wildman–Crippen MR) is 95.8 cm³/mol. The van der Waals surface area contributed by atoms with Crippen LogP contribution in [0.1, 0.15) is 12.5 Å². The summed E-state index contributed by atoms with van der Waals surface area (Å²) in [6, 6.07) is 13.5. The Bertz CT molecular complexity index is 820. The van der Waals surface area contributed by atoms with Crippen molar-refractivity contribution in [2.75, 3.05) is 18.0 Å². The standard InChI is InChI=1S/C17H19ClN2O3S/c1-13-6-8-16(9-7-13)20(14(2)21)11-10-19-24(22,23)17-5-3-4-15(18)12-17/h3-9,12,19H,10-11H2,1-2H3. The van der Waals surface area contributed by atoms with Crippen LogP contribution in [-0.2, 0) is 14.8 Å². The minimum absolute atomic E-state index is 0.0970. The van der Waals surface area contributed by atoms with Crippen LogP contribution >= 0.6 is 11.6 Å². The molecule has 0 unspecified atom stereocenters. The van der Waals surface area contributed by atoms with Gasteiger partial charge in [0.15, 0.2) is 0 Å². The number of halogens is 1. The summed E-state index contributed by atoms with van der Waals surface area (Å²) in [5.74, 6) is -0.152. The first-order valence-corrected chi connectivity index (χ1v) is 9.26.